The number of hydrogen-bond acceptors (Lipinski definition) is 2. The van der Waals surface area contributed by atoms with E-state index in [0.717, 1.165) is 24.2 Å². The molecule has 2 amide bonds. The average Bonchev–Trinajstić information content (AvgIpc) is 2.87. The molecule has 1 aromatic carbocycles. The van der Waals surface area contributed by atoms with Crippen LogP contribution < -0.4 is 10.6 Å². The van der Waals surface area contributed by atoms with Crippen molar-refractivity contribution in [2.75, 3.05) is 27.2 Å². The average molecular weight is 263 g/mol. The first-order valence-corrected chi connectivity index (χ1v) is 6.57. The molecule has 3 atom stereocenters. The van der Waals surface area contributed by atoms with Gasteiger partial charge in [-0.05, 0) is 24.2 Å². The van der Waals surface area contributed by atoms with E-state index < -0.39 is 0 Å². The molecule has 0 radical (unpaired) electrons. The van der Waals surface area contributed by atoms with E-state index in [1.54, 1.807) is 13.1 Å². The Balaban J connectivity index is 2.00. The Labute approximate surface area is 112 Å². The summed E-state index contributed by atoms with van der Waals surface area (Å²) < 4.78 is 14.1. The van der Waals surface area contributed by atoms with Gasteiger partial charge < -0.3 is 15.5 Å². The molecular formula is C14H18FN3O. The van der Waals surface area contributed by atoms with Crippen LogP contribution in [0.3, 0.4) is 0 Å². The molecule has 1 heterocycles. The lowest BCUT2D eigenvalue weighted by Crippen LogP contribution is -2.38. The third kappa shape index (κ3) is 1.89. The molecule has 1 aliphatic carbocycles. The van der Waals surface area contributed by atoms with Crippen molar-refractivity contribution >= 4 is 6.03 Å². The van der Waals surface area contributed by atoms with E-state index in [4.69, 9.17) is 0 Å². The van der Waals surface area contributed by atoms with Gasteiger partial charge in [0.15, 0.2) is 0 Å². The SMILES string of the molecule is CNC(=O)N[C@@H]1c2cccc(F)c2[C@@H]2CN(C)C[C@H]12. The van der Waals surface area contributed by atoms with Gasteiger partial charge in [-0.3, -0.25) is 0 Å². The Bertz CT molecular complexity index is 519. The van der Waals surface area contributed by atoms with E-state index in [2.05, 4.69) is 15.5 Å². The van der Waals surface area contributed by atoms with Crippen molar-refractivity contribution in [1.82, 2.24) is 15.5 Å². The largest absolute Gasteiger partial charge is 0.341 e. The van der Waals surface area contributed by atoms with Crippen molar-refractivity contribution in [1.29, 1.82) is 0 Å². The van der Waals surface area contributed by atoms with Gasteiger partial charge in [0.2, 0.25) is 0 Å². The van der Waals surface area contributed by atoms with Crippen LogP contribution >= 0.6 is 0 Å². The van der Waals surface area contributed by atoms with Crippen LogP contribution in [0.25, 0.3) is 0 Å². The summed E-state index contributed by atoms with van der Waals surface area (Å²) in [4.78, 5) is 13.8. The minimum Gasteiger partial charge on any atom is -0.341 e. The van der Waals surface area contributed by atoms with Crippen LogP contribution in [0.15, 0.2) is 18.2 Å². The maximum atomic E-state index is 14.1. The number of nitrogens with zero attached hydrogens (tertiary/aromatic N) is 1. The molecule has 2 N–H and O–H groups in total. The number of amides is 2. The summed E-state index contributed by atoms with van der Waals surface area (Å²) in [7, 11) is 3.63. The molecule has 0 unspecified atom stereocenters. The molecule has 19 heavy (non-hydrogen) atoms. The molecule has 1 aromatic rings. The smallest absolute Gasteiger partial charge is 0.315 e. The van der Waals surface area contributed by atoms with Crippen LogP contribution in [0, 0.1) is 11.7 Å². The van der Waals surface area contributed by atoms with E-state index in [1.807, 2.05) is 13.1 Å². The first-order chi connectivity index (χ1) is 9.11. The first-order valence-electron chi connectivity index (χ1n) is 6.57. The summed E-state index contributed by atoms with van der Waals surface area (Å²) in [6, 6.07) is 4.85. The zero-order chi connectivity index (χ0) is 13.6. The molecule has 2 aliphatic rings. The topological polar surface area (TPSA) is 44.4 Å². The first kappa shape index (κ1) is 12.4. The predicted molar refractivity (Wildman–Crippen MR) is 70.5 cm³/mol. The summed E-state index contributed by atoms with van der Waals surface area (Å²) in [6.07, 6.45) is 0. The summed E-state index contributed by atoms with van der Waals surface area (Å²) in [5, 5.41) is 5.53. The van der Waals surface area contributed by atoms with Crippen molar-refractivity contribution in [3.05, 3.63) is 35.1 Å². The van der Waals surface area contributed by atoms with Gasteiger partial charge >= 0.3 is 6.03 Å². The number of benzene rings is 1. The number of hydrogen-bond donors (Lipinski definition) is 2. The van der Waals surface area contributed by atoms with E-state index in [0.29, 0.717) is 0 Å². The highest BCUT2D eigenvalue weighted by atomic mass is 19.1. The Morgan fingerprint density at radius 1 is 1.42 bits per heavy atom. The number of urea groups is 1. The van der Waals surface area contributed by atoms with Crippen molar-refractivity contribution in [3.63, 3.8) is 0 Å². The highest BCUT2D eigenvalue weighted by molar-refractivity contribution is 5.74. The van der Waals surface area contributed by atoms with Crippen molar-refractivity contribution in [2.45, 2.75) is 12.0 Å². The fraction of sp³-hybridized carbons (Fsp3) is 0.500. The van der Waals surface area contributed by atoms with Gasteiger partial charge in [-0.25, -0.2) is 9.18 Å². The van der Waals surface area contributed by atoms with E-state index in [-0.39, 0.29) is 29.7 Å². The molecule has 3 rings (SSSR count). The second kappa shape index (κ2) is 4.49. The van der Waals surface area contributed by atoms with E-state index >= 15 is 0 Å². The van der Waals surface area contributed by atoms with E-state index in [9.17, 15) is 9.18 Å². The number of likely N-dealkylation sites (N-methyl/N-ethyl adjacent to an activating group) is 1. The van der Waals surface area contributed by atoms with Crippen LogP contribution in [0.5, 0.6) is 0 Å². The maximum absolute atomic E-state index is 14.1. The Morgan fingerprint density at radius 3 is 2.95 bits per heavy atom. The molecule has 0 spiro atoms. The zero-order valence-electron chi connectivity index (χ0n) is 11.1. The summed E-state index contributed by atoms with van der Waals surface area (Å²) in [5.41, 5.74) is 1.73. The maximum Gasteiger partial charge on any atom is 0.315 e. The standard InChI is InChI=1S/C14H18FN3O/c1-16-14(19)17-13-8-4-3-5-11(15)12(8)9-6-18(2)7-10(9)13/h3-5,9-10,13H,6-7H2,1-2H3,(H2,16,17,19)/t9-,10+,13-/m1/s1. The molecule has 1 saturated heterocycles. The minimum absolute atomic E-state index is 0.0967. The van der Waals surface area contributed by atoms with Crippen LogP contribution in [-0.2, 0) is 0 Å². The second-order valence-electron chi connectivity index (χ2n) is 5.44. The Morgan fingerprint density at radius 2 is 2.21 bits per heavy atom. The molecule has 0 bridgehead atoms. The van der Waals surface area contributed by atoms with Crippen LogP contribution in [0.2, 0.25) is 0 Å². The van der Waals surface area contributed by atoms with Crippen molar-refractivity contribution < 1.29 is 9.18 Å². The summed E-state index contributed by atoms with van der Waals surface area (Å²) in [6.45, 7) is 1.73. The summed E-state index contributed by atoms with van der Waals surface area (Å²) in [5.74, 6) is 0.293. The van der Waals surface area contributed by atoms with Gasteiger partial charge in [-0.2, -0.15) is 0 Å². The Kier molecular flexibility index (Phi) is 2.93. The third-order valence-electron chi connectivity index (χ3n) is 4.28. The Hall–Kier alpha value is -1.62. The van der Waals surface area contributed by atoms with E-state index in [1.165, 1.54) is 6.07 Å². The van der Waals surface area contributed by atoms with Crippen LogP contribution in [0.4, 0.5) is 9.18 Å². The van der Waals surface area contributed by atoms with Crippen molar-refractivity contribution in [2.24, 2.45) is 5.92 Å². The molecule has 5 heteroatoms. The van der Waals surface area contributed by atoms with Gasteiger partial charge in [0.1, 0.15) is 5.82 Å². The van der Waals surface area contributed by atoms with Crippen molar-refractivity contribution in [3.8, 4) is 0 Å². The zero-order valence-corrected chi connectivity index (χ0v) is 11.1. The number of nitrogens with one attached hydrogen (secondary N) is 2. The second-order valence-corrected chi connectivity index (χ2v) is 5.44. The molecule has 1 fully saturated rings. The third-order valence-corrected chi connectivity index (χ3v) is 4.28. The van der Waals surface area contributed by atoms with Gasteiger partial charge in [0.25, 0.3) is 0 Å². The summed E-state index contributed by atoms with van der Waals surface area (Å²) >= 11 is 0. The lowest BCUT2D eigenvalue weighted by Gasteiger charge is -2.21. The van der Waals surface area contributed by atoms with Crippen LogP contribution in [-0.4, -0.2) is 38.1 Å². The number of rotatable bonds is 1. The predicted octanol–water partition coefficient (Wildman–Crippen LogP) is 1.45. The lowest BCUT2D eigenvalue weighted by molar-refractivity contribution is 0.233. The quantitative estimate of drug-likeness (QED) is 0.805. The fourth-order valence-electron chi connectivity index (χ4n) is 3.52. The number of halogens is 1. The molecule has 4 nitrogen and oxygen atoms in total. The number of fused-ring (bicyclic) bond motifs is 3. The van der Waals surface area contributed by atoms with Gasteiger partial charge in [-0.15, -0.1) is 0 Å². The normalized spacial score (nSPS) is 28.9. The van der Waals surface area contributed by atoms with Gasteiger partial charge in [0, 0.05) is 32.0 Å². The number of carbonyl (C=O) groups excluding carboxylic acids is 1. The molecule has 0 saturated carbocycles. The molecule has 1 aliphatic heterocycles. The fourth-order valence-corrected chi connectivity index (χ4v) is 3.52. The molecular weight excluding hydrogens is 245 g/mol. The van der Waals surface area contributed by atoms with Gasteiger partial charge in [-0.1, -0.05) is 12.1 Å². The molecule has 102 valence electrons. The van der Waals surface area contributed by atoms with Crippen LogP contribution in [0.1, 0.15) is 23.1 Å². The number of likely N-dealkylation sites (tertiary alicyclic amines) is 1. The lowest BCUT2D eigenvalue weighted by atomic mass is 9.94. The van der Waals surface area contributed by atoms with Gasteiger partial charge in [0.05, 0.1) is 6.04 Å². The molecule has 0 aromatic heterocycles. The minimum atomic E-state index is -0.213. The monoisotopic (exact) mass is 263 g/mol. The highest BCUT2D eigenvalue weighted by Crippen LogP contribution is 2.49. The highest BCUT2D eigenvalue weighted by Gasteiger charge is 2.47. The number of carbonyl (C=O) groups is 1.